The van der Waals surface area contributed by atoms with E-state index in [2.05, 4.69) is 0 Å². The molecule has 1 aromatic rings. The summed E-state index contributed by atoms with van der Waals surface area (Å²) in [5.74, 6) is 0.456. The molecule has 0 bridgehead atoms. The smallest absolute Gasteiger partial charge is 0.193 e. The van der Waals surface area contributed by atoms with Crippen LogP contribution in [-0.4, -0.2) is 21.4 Å². The highest BCUT2D eigenvalue weighted by Gasteiger charge is 2.22. The highest BCUT2D eigenvalue weighted by molar-refractivity contribution is 5.96. The molecule has 0 spiro atoms. The van der Waals surface area contributed by atoms with Crippen molar-refractivity contribution in [1.29, 1.82) is 0 Å². The van der Waals surface area contributed by atoms with Crippen LogP contribution >= 0.6 is 0 Å². The summed E-state index contributed by atoms with van der Waals surface area (Å²) >= 11 is 0. The van der Waals surface area contributed by atoms with Gasteiger partial charge in [-0.2, -0.15) is 0 Å². The topological polar surface area (TPSA) is 90.9 Å². The largest absolute Gasteiger partial charge is 0.512 e. The van der Waals surface area contributed by atoms with E-state index in [0.29, 0.717) is 16.7 Å². The zero-order chi connectivity index (χ0) is 16.0. The van der Waals surface area contributed by atoms with Gasteiger partial charge < -0.3 is 19.7 Å². The maximum atomic E-state index is 12.2. The molecule has 1 aliphatic heterocycles. The average molecular weight is 300 g/mol. The van der Waals surface area contributed by atoms with Crippen molar-refractivity contribution in [1.82, 2.24) is 0 Å². The molecule has 2 aliphatic rings. The van der Waals surface area contributed by atoms with Crippen LogP contribution in [-0.2, 0) is 0 Å². The summed E-state index contributed by atoms with van der Waals surface area (Å²) in [5, 5.41) is 30.9. The molecule has 5 heteroatoms. The fourth-order valence-corrected chi connectivity index (χ4v) is 2.72. The molecule has 1 heterocycles. The fraction of sp³-hybridized carbons (Fsp3) is 0.235. The van der Waals surface area contributed by atoms with E-state index in [-0.39, 0.29) is 22.2 Å². The molecule has 0 saturated carbocycles. The second-order valence-corrected chi connectivity index (χ2v) is 5.44. The molecule has 3 rings (SSSR count). The SMILES string of the molecule is CC(O)=c1c(=O)cc2oc([C@H](O)[C@H](C)O)cc3cccc1c3-2. The number of hydrogen-bond donors (Lipinski definition) is 3. The van der Waals surface area contributed by atoms with Crippen LogP contribution < -0.4 is 10.6 Å². The maximum Gasteiger partial charge on any atom is 0.193 e. The molecule has 1 aromatic carbocycles. The molecule has 0 saturated heterocycles. The lowest BCUT2D eigenvalue weighted by molar-refractivity contribution is 0.0165. The van der Waals surface area contributed by atoms with Crippen molar-refractivity contribution >= 4 is 16.5 Å². The summed E-state index contributed by atoms with van der Waals surface area (Å²) in [6.45, 7) is 2.92. The minimum atomic E-state index is -1.18. The van der Waals surface area contributed by atoms with Crippen LogP contribution in [0.2, 0.25) is 0 Å². The summed E-state index contributed by atoms with van der Waals surface area (Å²) in [6.07, 6.45) is -2.17. The van der Waals surface area contributed by atoms with E-state index in [4.69, 9.17) is 4.42 Å². The Kier molecular flexibility index (Phi) is 3.39. The summed E-state index contributed by atoms with van der Waals surface area (Å²) in [5.41, 5.74) is 0.347. The zero-order valence-corrected chi connectivity index (χ0v) is 12.2. The van der Waals surface area contributed by atoms with Gasteiger partial charge in [-0.15, -0.1) is 0 Å². The van der Waals surface area contributed by atoms with Gasteiger partial charge in [-0.1, -0.05) is 18.2 Å². The molecule has 0 aromatic heterocycles. The molecule has 114 valence electrons. The Hall–Kier alpha value is -2.37. The summed E-state index contributed by atoms with van der Waals surface area (Å²) in [4.78, 5) is 12.2. The molecular formula is C17H16O5. The van der Waals surface area contributed by atoms with E-state index in [1.54, 1.807) is 18.2 Å². The first-order valence-corrected chi connectivity index (χ1v) is 6.95. The number of aliphatic hydroxyl groups is 3. The minimum absolute atomic E-state index is 0.0486. The summed E-state index contributed by atoms with van der Waals surface area (Å²) in [7, 11) is 0. The molecule has 0 amide bonds. The molecule has 22 heavy (non-hydrogen) atoms. The van der Waals surface area contributed by atoms with Crippen molar-refractivity contribution < 1.29 is 19.7 Å². The Morgan fingerprint density at radius 1 is 1.23 bits per heavy atom. The lowest BCUT2D eigenvalue weighted by Crippen LogP contribution is -2.27. The number of benzene rings is 2. The molecule has 0 unspecified atom stereocenters. The predicted octanol–water partition coefficient (Wildman–Crippen LogP) is 1.72. The van der Waals surface area contributed by atoms with Crippen LogP contribution in [0.25, 0.3) is 27.9 Å². The van der Waals surface area contributed by atoms with Gasteiger partial charge in [-0.3, -0.25) is 4.79 Å². The molecule has 3 N–H and O–H groups in total. The Labute approximate surface area is 126 Å². The van der Waals surface area contributed by atoms with Crippen LogP contribution in [0.15, 0.2) is 39.5 Å². The van der Waals surface area contributed by atoms with Crippen LogP contribution in [0.4, 0.5) is 0 Å². The van der Waals surface area contributed by atoms with Crippen LogP contribution in [0.1, 0.15) is 25.7 Å². The number of rotatable bonds is 2. The lowest BCUT2D eigenvalue weighted by atomic mass is 9.96. The Bertz CT molecular complexity index is 918. The van der Waals surface area contributed by atoms with Crippen molar-refractivity contribution in [3.8, 4) is 11.3 Å². The normalized spacial score (nSPS) is 16.0. The van der Waals surface area contributed by atoms with E-state index in [1.165, 1.54) is 19.9 Å². The minimum Gasteiger partial charge on any atom is -0.512 e. The molecular weight excluding hydrogens is 284 g/mol. The van der Waals surface area contributed by atoms with E-state index in [0.717, 1.165) is 5.39 Å². The van der Waals surface area contributed by atoms with Crippen molar-refractivity contribution in [3.63, 3.8) is 0 Å². The maximum absolute atomic E-state index is 12.2. The zero-order valence-electron chi connectivity index (χ0n) is 12.2. The molecule has 0 radical (unpaired) electrons. The second kappa shape index (κ2) is 5.12. The Morgan fingerprint density at radius 3 is 2.59 bits per heavy atom. The van der Waals surface area contributed by atoms with Gasteiger partial charge in [-0.05, 0) is 25.3 Å². The first kappa shape index (κ1) is 14.6. The third-order valence-electron chi connectivity index (χ3n) is 3.76. The van der Waals surface area contributed by atoms with Gasteiger partial charge in [0, 0.05) is 17.0 Å². The van der Waals surface area contributed by atoms with Gasteiger partial charge in [0.25, 0.3) is 0 Å². The Balaban J connectivity index is 2.47. The monoisotopic (exact) mass is 300 g/mol. The average Bonchev–Trinajstić information content (AvgIpc) is 2.45. The second-order valence-electron chi connectivity index (χ2n) is 5.44. The van der Waals surface area contributed by atoms with Gasteiger partial charge in [0.15, 0.2) is 5.43 Å². The van der Waals surface area contributed by atoms with E-state index < -0.39 is 12.2 Å². The van der Waals surface area contributed by atoms with E-state index in [1.807, 2.05) is 6.07 Å². The highest BCUT2D eigenvalue weighted by atomic mass is 16.4. The summed E-state index contributed by atoms with van der Waals surface area (Å²) < 4.78 is 5.60. The fourth-order valence-electron chi connectivity index (χ4n) is 2.72. The van der Waals surface area contributed by atoms with Crippen LogP contribution in [0.3, 0.4) is 0 Å². The predicted molar refractivity (Wildman–Crippen MR) is 82.7 cm³/mol. The third-order valence-corrected chi connectivity index (χ3v) is 3.76. The van der Waals surface area contributed by atoms with Gasteiger partial charge in [-0.25, -0.2) is 0 Å². The van der Waals surface area contributed by atoms with Gasteiger partial charge in [0.2, 0.25) is 0 Å². The number of hydrogen-bond acceptors (Lipinski definition) is 5. The van der Waals surface area contributed by atoms with Crippen LogP contribution in [0, 0.1) is 0 Å². The van der Waals surface area contributed by atoms with Crippen LogP contribution in [0.5, 0.6) is 0 Å². The third kappa shape index (κ3) is 2.15. The Morgan fingerprint density at radius 2 is 1.95 bits per heavy atom. The van der Waals surface area contributed by atoms with Gasteiger partial charge in [0.05, 0.1) is 11.3 Å². The van der Waals surface area contributed by atoms with E-state index >= 15 is 0 Å². The number of aliphatic hydroxyl groups excluding tert-OH is 3. The van der Waals surface area contributed by atoms with Crippen molar-refractivity contribution in [3.05, 3.63) is 51.5 Å². The highest BCUT2D eigenvalue weighted by Crippen LogP contribution is 2.33. The lowest BCUT2D eigenvalue weighted by Gasteiger charge is -2.17. The van der Waals surface area contributed by atoms with E-state index in [9.17, 15) is 20.1 Å². The molecule has 5 nitrogen and oxygen atoms in total. The first-order valence-electron chi connectivity index (χ1n) is 6.95. The van der Waals surface area contributed by atoms with Crippen molar-refractivity contribution in [2.45, 2.75) is 26.1 Å². The standard InChI is InChI=1S/C17H16O5/c1-8(18)15-11-5-3-4-10-6-14(17(21)9(2)19)22-13(16(10)11)7-12(15)20/h3-7,9,17-19,21H,1-2H3/t9-,17+/m0/s1. The van der Waals surface area contributed by atoms with Crippen molar-refractivity contribution in [2.75, 3.05) is 0 Å². The van der Waals surface area contributed by atoms with Gasteiger partial charge >= 0.3 is 0 Å². The summed E-state index contributed by atoms with van der Waals surface area (Å²) in [6, 6.07) is 8.26. The van der Waals surface area contributed by atoms with Crippen molar-refractivity contribution in [2.24, 2.45) is 0 Å². The first-order chi connectivity index (χ1) is 10.4. The quantitative estimate of drug-likeness (QED) is 0.670. The molecule has 2 atom stereocenters. The molecule has 1 aliphatic carbocycles. The molecule has 0 fully saturated rings. The van der Waals surface area contributed by atoms with Gasteiger partial charge in [0.1, 0.15) is 23.4 Å².